The number of benzene rings is 2. The Morgan fingerprint density at radius 3 is 2.41 bits per heavy atom. The smallest absolute Gasteiger partial charge is 0.227 e. The quantitative estimate of drug-likeness (QED) is 0.869. The number of hydrogen-bond donors (Lipinski definition) is 1. The molecule has 0 saturated carbocycles. The van der Waals surface area contributed by atoms with E-state index in [9.17, 15) is 18.4 Å². The fraction of sp³-hybridized carbons (Fsp3) is 0.333. The molecule has 1 heterocycles. The summed E-state index contributed by atoms with van der Waals surface area (Å²) in [6, 6.07) is 12.9. The predicted molar refractivity (Wildman–Crippen MR) is 99.1 cm³/mol. The maximum absolute atomic E-state index is 13.7. The number of piperidine rings is 1. The molecule has 0 atom stereocenters. The summed E-state index contributed by atoms with van der Waals surface area (Å²) in [5.41, 5.74) is 1.10. The summed E-state index contributed by atoms with van der Waals surface area (Å²) in [5, 5.41) is 2.51. The molecule has 0 unspecified atom stereocenters. The number of likely N-dealkylation sites (tertiary alicyclic amines) is 1. The highest BCUT2D eigenvalue weighted by Gasteiger charge is 2.27. The number of aryl methyl sites for hydroxylation is 1. The molecular weight excluding hydrogens is 350 g/mol. The van der Waals surface area contributed by atoms with Crippen molar-refractivity contribution in [2.45, 2.75) is 25.7 Å². The van der Waals surface area contributed by atoms with Gasteiger partial charge >= 0.3 is 0 Å². The predicted octanol–water partition coefficient (Wildman–Crippen LogP) is 3.77. The van der Waals surface area contributed by atoms with Gasteiger partial charge in [0.1, 0.15) is 11.6 Å². The third-order valence-corrected chi connectivity index (χ3v) is 4.88. The number of rotatable bonds is 5. The van der Waals surface area contributed by atoms with Crippen molar-refractivity contribution in [3.8, 4) is 0 Å². The van der Waals surface area contributed by atoms with Gasteiger partial charge in [-0.2, -0.15) is 0 Å². The van der Waals surface area contributed by atoms with Crippen molar-refractivity contribution in [2.75, 3.05) is 18.4 Å². The number of hydrogen-bond acceptors (Lipinski definition) is 2. The molecule has 3 rings (SSSR count). The van der Waals surface area contributed by atoms with Crippen LogP contribution in [0.2, 0.25) is 0 Å². The van der Waals surface area contributed by atoms with Gasteiger partial charge in [0.15, 0.2) is 0 Å². The molecule has 1 N–H and O–H groups in total. The van der Waals surface area contributed by atoms with Gasteiger partial charge < -0.3 is 10.2 Å². The molecule has 2 aromatic rings. The van der Waals surface area contributed by atoms with Gasteiger partial charge in [-0.15, -0.1) is 0 Å². The Bertz CT molecular complexity index is 803. The van der Waals surface area contributed by atoms with Crippen molar-refractivity contribution in [2.24, 2.45) is 5.92 Å². The van der Waals surface area contributed by atoms with E-state index in [1.807, 2.05) is 30.3 Å². The van der Waals surface area contributed by atoms with Crippen LogP contribution in [0.5, 0.6) is 0 Å². The molecule has 1 fully saturated rings. The number of amides is 2. The molecule has 0 bridgehead atoms. The van der Waals surface area contributed by atoms with E-state index in [-0.39, 0.29) is 23.4 Å². The van der Waals surface area contributed by atoms with E-state index < -0.39 is 11.6 Å². The van der Waals surface area contributed by atoms with Crippen LogP contribution >= 0.6 is 0 Å². The Labute approximate surface area is 157 Å². The third kappa shape index (κ3) is 5.12. The van der Waals surface area contributed by atoms with Crippen LogP contribution in [0.25, 0.3) is 0 Å². The zero-order valence-corrected chi connectivity index (χ0v) is 15.0. The lowest BCUT2D eigenvalue weighted by atomic mass is 9.95. The third-order valence-electron chi connectivity index (χ3n) is 4.88. The lowest BCUT2D eigenvalue weighted by Crippen LogP contribution is -2.41. The molecule has 6 heteroatoms. The maximum Gasteiger partial charge on any atom is 0.227 e. The lowest BCUT2D eigenvalue weighted by Gasteiger charge is -2.31. The number of carbonyl (C=O) groups is 2. The molecule has 142 valence electrons. The van der Waals surface area contributed by atoms with Crippen molar-refractivity contribution >= 4 is 17.5 Å². The van der Waals surface area contributed by atoms with Gasteiger partial charge in [0, 0.05) is 31.5 Å². The Morgan fingerprint density at radius 2 is 1.74 bits per heavy atom. The highest BCUT2D eigenvalue weighted by Crippen LogP contribution is 2.22. The van der Waals surface area contributed by atoms with Crippen LogP contribution < -0.4 is 5.32 Å². The summed E-state index contributed by atoms with van der Waals surface area (Å²) in [6.45, 7) is 1.02. The van der Waals surface area contributed by atoms with Crippen molar-refractivity contribution in [3.63, 3.8) is 0 Å². The maximum atomic E-state index is 13.7. The fourth-order valence-electron chi connectivity index (χ4n) is 3.27. The van der Waals surface area contributed by atoms with E-state index in [0.29, 0.717) is 38.8 Å². The van der Waals surface area contributed by atoms with Crippen LogP contribution in [0, 0.1) is 17.6 Å². The van der Waals surface area contributed by atoms with E-state index in [1.165, 1.54) is 6.07 Å². The molecule has 2 aromatic carbocycles. The van der Waals surface area contributed by atoms with E-state index in [4.69, 9.17) is 0 Å². The molecule has 0 spiro atoms. The Kier molecular flexibility index (Phi) is 6.16. The first-order valence-electron chi connectivity index (χ1n) is 9.10. The van der Waals surface area contributed by atoms with E-state index in [2.05, 4.69) is 5.32 Å². The van der Waals surface area contributed by atoms with Crippen molar-refractivity contribution in [1.29, 1.82) is 0 Å². The summed E-state index contributed by atoms with van der Waals surface area (Å²) in [6.07, 6.45) is 2.21. The average molecular weight is 372 g/mol. The molecule has 1 aliphatic heterocycles. The molecule has 0 aliphatic carbocycles. The standard InChI is InChI=1S/C21H22F2N2O2/c22-17-7-8-19(18(23)14-17)24-21(27)16-10-12-25(13-11-16)20(26)9-6-15-4-2-1-3-5-15/h1-5,7-8,14,16H,6,9-13H2,(H,24,27). The summed E-state index contributed by atoms with van der Waals surface area (Å²) < 4.78 is 26.6. The van der Waals surface area contributed by atoms with E-state index in [1.54, 1.807) is 4.90 Å². The second kappa shape index (κ2) is 8.75. The average Bonchev–Trinajstić information content (AvgIpc) is 2.69. The lowest BCUT2D eigenvalue weighted by molar-refractivity contribution is -0.134. The minimum atomic E-state index is -0.795. The molecule has 2 amide bonds. The number of carbonyl (C=O) groups excluding carboxylic acids is 2. The van der Waals surface area contributed by atoms with Gasteiger partial charge in [0.2, 0.25) is 11.8 Å². The van der Waals surface area contributed by atoms with Crippen LogP contribution in [0.1, 0.15) is 24.8 Å². The van der Waals surface area contributed by atoms with Gasteiger partial charge in [-0.25, -0.2) is 8.78 Å². The van der Waals surface area contributed by atoms with Crippen molar-refractivity contribution < 1.29 is 18.4 Å². The van der Waals surface area contributed by atoms with Gasteiger partial charge in [-0.05, 0) is 37.0 Å². The Hall–Kier alpha value is -2.76. The molecule has 4 nitrogen and oxygen atoms in total. The minimum absolute atomic E-state index is 0.0252. The zero-order valence-electron chi connectivity index (χ0n) is 15.0. The van der Waals surface area contributed by atoms with Crippen LogP contribution in [0.4, 0.5) is 14.5 Å². The fourth-order valence-corrected chi connectivity index (χ4v) is 3.27. The van der Waals surface area contributed by atoms with Gasteiger partial charge in [0.25, 0.3) is 0 Å². The second-order valence-electron chi connectivity index (χ2n) is 6.75. The first kappa shape index (κ1) is 19.0. The summed E-state index contributed by atoms with van der Waals surface area (Å²) in [7, 11) is 0. The molecule has 0 aromatic heterocycles. The van der Waals surface area contributed by atoms with Crippen LogP contribution in [0.15, 0.2) is 48.5 Å². The SMILES string of the molecule is O=C(Nc1ccc(F)cc1F)C1CCN(C(=O)CCc2ccccc2)CC1. The summed E-state index contributed by atoms with van der Waals surface area (Å²) in [4.78, 5) is 26.5. The Balaban J connectivity index is 1.46. The highest BCUT2D eigenvalue weighted by molar-refractivity contribution is 5.92. The minimum Gasteiger partial charge on any atom is -0.343 e. The highest BCUT2D eigenvalue weighted by atomic mass is 19.1. The molecule has 27 heavy (non-hydrogen) atoms. The second-order valence-corrected chi connectivity index (χ2v) is 6.75. The first-order chi connectivity index (χ1) is 13.0. The Morgan fingerprint density at radius 1 is 1.04 bits per heavy atom. The number of anilines is 1. The van der Waals surface area contributed by atoms with Crippen molar-refractivity contribution in [3.05, 3.63) is 65.7 Å². The molecule has 1 saturated heterocycles. The van der Waals surface area contributed by atoms with E-state index in [0.717, 1.165) is 17.7 Å². The van der Waals surface area contributed by atoms with Gasteiger partial charge in [-0.1, -0.05) is 30.3 Å². The van der Waals surface area contributed by atoms with E-state index >= 15 is 0 Å². The zero-order chi connectivity index (χ0) is 19.2. The molecular formula is C21H22F2N2O2. The van der Waals surface area contributed by atoms with Gasteiger partial charge in [-0.3, -0.25) is 9.59 Å². The van der Waals surface area contributed by atoms with Crippen molar-refractivity contribution in [1.82, 2.24) is 4.90 Å². The topological polar surface area (TPSA) is 49.4 Å². The number of nitrogens with zero attached hydrogens (tertiary/aromatic N) is 1. The van der Waals surface area contributed by atoms with Crippen LogP contribution in [-0.4, -0.2) is 29.8 Å². The molecule has 0 radical (unpaired) electrons. The van der Waals surface area contributed by atoms with Crippen LogP contribution in [0.3, 0.4) is 0 Å². The normalized spacial score (nSPS) is 14.8. The number of halogens is 2. The number of nitrogens with one attached hydrogen (secondary N) is 1. The molecule has 1 aliphatic rings. The summed E-state index contributed by atoms with van der Waals surface area (Å²) in [5.74, 6) is -1.98. The van der Waals surface area contributed by atoms with Crippen LogP contribution in [-0.2, 0) is 16.0 Å². The first-order valence-corrected chi connectivity index (χ1v) is 9.10. The largest absolute Gasteiger partial charge is 0.343 e. The monoisotopic (exact) mass is 372 g/mol. The summed E-state index contributed by atoms with van der Waals surface area (Å²) >= 11 is 0. The van der Waals surface area contributed by atoms with Gasteiger partial charge in [0.05, 0.1) is 5.69 Å².